The molecule has 1 aromatic carbocycles. The molecule has 0 aliphatic carbocycles. The quantitative estimate of drug-likeness (QED) is 0.877. The van der Waals surface area contributed by atoms with Crippen LogP contribution in [0.15, 0.2) is 35.4 Å². The van der Waals surface area contributed by atoms with Crippen LogP contribution >= 0.6 is 11.8 Å². The number of rotatable bonds is 4. The van der Waals surface area contributed by atoms with Crippen LogP contribution in [-0.2, 0) is 11.8 Å². The number of amides is 1. The molecular formula is C12H11F2N3OS. The molecule has 4 nitrogen and oxygen atoms in total. The molecule has 1 amide bonds. The lowest BCUT2D eigenvalue weighted by Crippen LogP contribution is -2.14. The topological polar surface area (TPSA) is 46.9 Å². The lowest BCUT2D eigenvalue weighted by molar-refractivity contribution is -0.113. The zero-order valence-electron chi connectivity index (χ0n) is 10.1. The van der Waals surface area contributed by atoms with Gasteiger partial charge in [-0.15, -0.1) is 11.8 Å². The highest BCUT2D eigenvalue weighted by molar-refractivity contribution is 8.00. The van der Waals surface area contributed by atoms with Crippen LogP contribution in [0.1, 0.15) is 0 Å². The van der Waals surface area contributed by atoms with Gasteiger partial charge in [0, 0.05) is 24.2 Å². The highest BCUT2D eigenvalue weighted by Crippen LogP contribution is 2.20. The third-order valence-corrected chi connectivity index (χ3v) is 3.24. The minimum absolute atomic E-state index is 0.0989. The smallest absolute Gasteiger partial charge is 0.235 e. The van der Waals surface area contributed by atoms with Gasteiger partial charge in [0.1, 0.15) is 0 Å². The summed E-state index contributed by atoms with van der Waals surface area (Å²) in [6.45, 7) is 0. The van der Waals surface area contributed by atoms with E-state index < -0.39 is 11.6 Å². The van der Waals surface area contributed by atoms with Crippen LogP contribution in [0.4, 0.5) is 14.6 Å². The minimum Gasteiger partial charge on any atom is -0.308 e. The van der Waals surface area contributed by atoms with Crippen molar-refractivity contribution >= 4 is 23.5 Å². The second kappa shape index (κ2) is 5.83. The maximum atomic E-state index is 13.0. The third kappa shape index (κ3) is 3.78. The number of aryl methyl sites for hydroxylation is 1. The van der Waals surface area contributed by atoms with Crippen molar-refractivity contribution in [2.45, 2.75) is 4.90 Å². The summed E-state index contributed by atoms with van der Waals surface area (Å²) in [5.74, 6) is -1.52. The average molecular weight is 283 g/mol. The summed E-state index contributed by atoms with van der Waals surface area (Å²) < 4.78 is 27.2. The number of hydrogen-bond donors (Lipinski definition) is 1. The Hall–Kier alpha value is -1.89. The number of thioether (sulfide) groups is 1. The van der Waals surface area contributed by atoms with E-state index in [1.807, 2.05) is 0 Å². The first-order chi connectivity index (χ1) is 9.04. The first kappa shape index (κ1) is 13.5. The van der Waals surface area contributed by atoms with Crippen molar-refractivity contribution in [2.24, 2.45) is 7.05 Å². The predicted octanol–water partition coefficient (Wildman–Crippen LogP) is 2.43. The summed E-state index contributed by atoms with van der Waals surface area (Å²) in [5.41, 5.74) is 0. The van der Waals surface area contributed by atoms with Crippen LogP contribution in [0.2, 0.25) is 0 Å². The van der Waals surface area contributed by atoms with Gasteiger partial charge in [-0.2, -0.15) is 5.10 Å². The van der Waals surface area contributed by atoms with Gasteiger partial charge in [0.05, 0.1) is 5.75 Å². The lowest BCUT2D eigenvalue weighted by atomic mass is 10.3. The number of nitrogens with one attached hydrogen (secondary N) is 1. The second-order valence-corrected chi connectivity index (χ2v) is 4.84. The fourth-order valence-corrected chi connectivity index (χ4v) is 2.10. The van der Waals surface area contributed by atoms with Gasteiger partial charge in [0.15, 0.2) is 17.5 Å². The number of aromatic nitrogens is 2. The van der Waals surface area contributed by atoms with E-state index in [2.05, 4.69) is 10.4 Å². The van der Waals surface area contributed by atoms with E-state index in [0.29, 0.717) is 10.7 Å². The predicted molar refractivity (Wildman–Crippen MR) is 68.9 cm³/mol. The van der Waals surface area contributed by atoms with Crippen LogP contribution in [0.25, 0.3) is 0 Å². The number of carbonyl (C=O) groups excluding carboxylic acids is 1. The fourth-order valence-electron chi connectivity index (χ4n) is 1.38. The molecule has 1 N–H and O–H groups in total. The molecule has 2 rings (SSSR count). The molecule has 100 valence electrons. The van der Waals surface area contributed by atoms with Crippen LogP contribution < -0.4 is 5.32 Å². The molecule has 0 bridgehead atoms. The van der Waals surface area contributed by atoms with Gasteiger partial charge in [-0.25, -0.2) is 8.78 Å². The van der Waals surface area contributed by atoms with Crippen molar-refractivity contribution in [3.63, 3.8) is 0 Å². The maximum Gasteiger partial charge on any atom is 0.235 e. The van der Waals surface area contributed by atoms with E-state index in [1.54, 1.807) is 24.0 Å². The Kier molecular flexibility index (Phi) is 4.16. The molecule has 0 aliphatic heterocycles. The van der Waals surface area contributed by atoms with Gasteiger partial charge in [-0.3, -0.25) is 9.48 Å². The number of carbonyl (C=O) groups is 1. The largest absolute Gasteiger partial charge is 0.308 e. The first-order valence-electron chi connectivity index (χ1n) is 5.42. The molecule has 0 unspecified atom stereocenters. The average Bonchev–Trinajstić information content (AvgIpc) is 2.76. The minimum atomic E-state index is -0.921. The Balaban J connectivity index is 1.88. The van der Waals surface area contributed by atoms with Gasteiger partial charge in [-0.1, -0.05) is 0 Å². The van der Waals surface area contributed by atoms with Crippen molar-refractivity contribution in [1.29, 1.82) is 0 Å². The summed E-state index contributed by atoms with van der Waals surface area (Å²) in [7, 11) is 1.74. The maximum absolute atomic E-state index is 13.0. The van der Waals surface area contributed by atoms with Crippen LogP contribution in [-0.4, -0.2) is 21.4 Å². The Bertz CT molecular complexity index is 600. The van der Waals surface area contributed by atoms with Gasteiger partial charge in [-0.05, 0) is 18.2 Å². The Labute approximate surface area is 112 Å². The monoisotopic (exact) mass is 283 g/mol. The molecule has 1 heterocycles. The molecule has 19 heavy (non-hydrogen) atoms. The zero-order valence-corrected chi connectivity index (χ0v) is 10.9. The summed E-state index contributed by atoms with van der Waals surface area (Å²) in [5, 5.41) is 6.60. The number of nitrogens with zero attached hydrogens (tertiary/aromatic N) is 2. The van der Waals surface area contributed by atoms with Crippen molar-refractivity contribution in [2.75, 3.05) is 11.1 Å². The van der Waals surface area contributed by atoms with Crippen LogP contribution in [0, 0.1) is 11.6 Å². The summed E-state index contributed by atoms with van der Waals surface area (Å²) >= 11 is 1.12. The number of anilines is 1. The van der Waals surface area contributed by atoms with Gasteiger partial charge in [0.25, 0.3) is 0 Å². The highest BCUT2D eigenvalue weighted by Gasteiger charge is 2.07. The molecule has 0 spiro atoms. The molecule has 1 aromatic heterocycles. The molecule has 2 aromatic rings. The molecular weight excluding hydrogens is 272 g/mol. The van der Waals surface area contributed by atoms with Gasteiger partial charge < -0.3 is 5.32 Å². The van der Waals surface area contributed by atoms with E-state index in [4.69, 9.17) is 0 Å². The SMILES string of the molecule is Cn1ccc(NC(=O)CSc2ccc(F)c(F)c2)n1. The van der Waals surface area contributed by atoms with E-state index in [-0.39, 0.29) is 11.7 Å². The molecule has 0 atom stereocenters. The number of benzene rings is 1. The number of halogens is 2. The van der Waals surface area contributed by atoms with E-state index >= 15 is 0 Å². The normalized spacial score (nSPS) is 10.5. The Morgan fingerprint density at radius 2 is 2.16 bits per heavy atom. The molecule has 0 saturated heterocycles. The summed E-state index contributed by atoms with van der Waals surface area (Å²) in [6, 6.07) is 5.19. The van der Waals surface area contributed by atoms with E-state index in [0.717, 1.165) is 23.9 Å². The zero-order chi connectivity index (χ0) is 13.8. The van der Waals surface area contributed by atoms with E-state index in [9.17, 15) is 13.6 Å². The van der Waals surface area contributed by atoms with Crippen molar-refractivity contribution < 1.29 is 13.6 Å². The molecule has 0 aliphatic rings. The van der Waals surface area contributed by atoms with Crippen molar-refractivity contribution in [3.8, 4) is 0 Å². The van der Waals surface area contributed by atoms with E-state index in [1.165, 1.54) is 6.07 Å². The van der Waals surface area contributed by atoms with Crippen molar-refractivity contribution in [3.05, 3.63) is 42.1 Å². The first-order valence-corrected chi connectivity index (χ1v) is 6.40. The van der Waals surface area contributed by atoms with Crippen molar-refractivity contribution in [1.82, 2.24) is 9.78 Å². The highest BCUT2D eigenvalue weighted by atomic mass is 32.2. The standard InChI is InChI=1S/C12H11F2N3OS/c1-17-5-4-11(16-17)15-12(18)7-19-8-2-3-9(13)10(14)6-8/h2-6H,7H2,1H3,(H,15,16,18). The van der Waals surface area contributed by atoms with Crippen LogP contribution in [0.3, 0.4) is 0 Å². The summed E-state index contributed by atoms with van der Waals surface area (Å²) in [4.78, 5) is 12.1. The molecule has 0 radical (unpaired) electrons. The molecule has 7 heteroatoms. The fraction of sp³-hybridized carbons (Fsp3) is 0.167. The molecule has 0 saturated carbocycles. The second-order valence-electron chi connectivity index (χ2n) is 3.79. The Morgan fingerprint density at radius 3 is 2.79 bits per heavy atom. The van der Waals surface area contributed by atoms with Crippen LogP contribution in [0.5, 0.6) is 0 Å². The lowest BCUT2D eigenvalue weighted by Gasteiger charge is -2.03. The van der Waals surface area contributed by atoms with Gasteiger partial charge >= 0.3 is 0 Å². The Morgan fingerprint density at radius 1 is 1.37 bits per heavy atom. The molecule has 0 fully saturated rings. The summed E-state index contributed by atoms with van der Waals surface area (Å²) in [6.07, 6.45) is 1.71. The van der Waals surface area contributed by atoms with Gasteiger partial charge in [0.2, 0.25) is 5.91 Å². The third-order valence-electron chi connectivity index (χ3n) is 2.24. The number of hydrogen-bond acceptors (Lipinski definition) is 3.